The molecule has 1 heterocycles. The normalized spacial score (nSPS) is 24.8. The van der Waals surface area contributed by atoms with Crippen LogP contribution >= 0.6 is 0 Å². The van der Waals surface area contributed by atoms with Gasteiger partial charge in [-0.1, -0.05) is 24.3 Å². The molecule has 0 aliphatic heterocycles. The molecule has 2 rings (SSSR count). The maximum absolute atomic E-state index is 10.4. The lowest BCUT2D eigenvalue weighted by Gasteiger charge is -2.37. The van der Waals surface area contributed by atoms with Gasteiger partial charge in [-0.25, -0.2) is 4.98 Å². The molecule has 18 heavy (non-hydrogen) atoms. The highest BCUT2D eigenvalue weighted by Gasteiger charge is 2.38. The highest BCUT2D eigenvalue weighted by molar-refractivity contribution is 5.22. The molecule has 4 heteroatoms. The fourth-order valence-electron chi connectivity index (χ4n) is 2.52. The van der Waals surface area contributed by atoms with E-state index in [1.807, 2.05) is 35.1 Å². The van der Waals surface area contributed by atoms with Crippen LogP contribution in [0.2, 0.25) is 0 Å². The second kappa shape index (κ2) is 4.79. The SMILES string of the molecule is CC(C)(O)C(C1C=CC=CC1C#N)n1ccnc1. The summed E-state index contributed by atoms with van der Waals surface area (Å²) in [6, 6.07) is 2.07. The Hall–Kier alpha value is -1.86. The minimum atomic E-state index is -0.935. The van der Waals surface area contributed by atoms with Crippen LogP contribution in [0, 0.1) is 23.2 Å². The molecule has 1 aromatic rings. The van der Waals surface area contributed by atoms with Crippen molar-refractivity contribution in [2.24, 2.45) is 11.8 Å². The van der Waals surface area contributed by atoms with E-state index in [-0.39, 0.29) is 17.9 Å². The van der Waals surface area contributed by atoms with Crippen molar-refractivity contribution in [3.63, 3.8) is 0 Å². The molecule has 0 fully saturated rings. The Kier molecular flexibility index (Phi) is 3.35. The Balaban J connectivity index is 2.39. The highest BCUT2D eigenvalue weighted by atomic mass is 16.3. The maximum Gasteiger partial charge on any atom is 0.0949 e. The lowest BCUT2D eigenvalue weighted by atomic mass is 9.77. The second-order valence-electron chi connectivity index (χ2n) is 5.11. The summed E-state index contributed by atoms with van der Waals surface area (Å²) in [5.74, 6) is -0.289. The van der Waals surface area contributed by atoms with Crippen LogP contribution in [0.3, 0.4) is 0 Å². The van der Waals surface area contributed by atoms with Gasteiger partial charge in [0.25, 0.3) is 0 Å². The van der Waals surface area contributed by atoms with Crippen molar-refractivity contribution in [1.82, 2.24) is 9.55 Å². The molecule has 1 aliphatic carbocycles. The summed E-state index contributed by atoms with van der Waals surface area (Å²) < 4.78 is 1.87. The Morgan fingerprint density at radius 3 is 2.67 bits per heavy atom. The van der Waals surface area contributed by atoms with Crippen LogP contribution in [0.4, 0.5) is 0 Å². The van der Waals surface area contributed by atoms with Gasteiger partial charge in [0.15, 0.2) is 0 Å². The van der Waals surface area contributed by atoms with Gasteiger partial charge in [-0.2, -0.15) is 5.26 Å². The van der Waals surface area contributed by atoms with E-state index in [9.17, 15) is 10.4 Å². The first kappa shape index (κ1) is 12.6. The Morgan fingerprint density at radius 1 is 1.39 bits per heavy atom. The number of hydrogen-bond donors (Lipinski definition) is 1. The molecule has 1 aromatic heterocycles. The van der Waals surface area contributed by atoms with Crippen LogP contribution in [0.25, 0.3) is 0 Å². The third kappa shape index (κ3) is 2.36. The van der Waals surface area contributed by atoms with E-state index >= 15 is 0 Å². The molecular weight excluding hydrogens is 226 g/mol. The van der Waals surface area contributed by atoms with Gasteiger partial charge in [0.2, 0.25) is 0 Å². The quantitative estimate of drug-likeness (QED) is 0.884. The second-order valence-corrected chi connectivity index (χ2v) is 5.11. The zero-order chi connectivity index (χ0) is 13.2. The summed E-state index contributed by atoms with van der Waals surface area (Å²) in [7, 11) is 0. The fourth-order valence-corrected chi connectivity index (χ4v) is 2.52. The van der Waals surface area contributed by atoms with Crippen molar-refractivity contribution >= 4 is 0 Å². The number of nitriles is 1. The number of nitrogens with zero attached hydrogens (tertiary/aromatic N) is 3. The molecule has 1 aliphatic rings. The van der Waals surface area contributed by atoms with Crippen LogP contribution < -0.4 is 0 Å². The van der Waals surface area contributed by atoms with Crippen molar-refractivity contribution in [3.05, 3.63) is 43.0 Å². The topological polar surface area (TPSA) is 61.8 Å². The number of rotatable bonds is 3. The van der Waals surface area contributed by atoms with Gasteiger partial charge in [-0.15, -0.1) is 0 Å². The van der Waals surface area contributed by atoms with Crippen molar-refractivity contribution in [2.75, 3.05) is 0 Å². The first-order valence-corrected chi connectivity index (χ1v) is 5.98. The first-order valence-electron chi connectivity index (χ1n) is 5.98. The van der Waals surface area contributed by atoms with E-state index in [4.69, 9.17) is 0 Å². The molecule has 3 atom stereocenters. The Bertz CT molecular complexity index is 488. The number of aliphatic hydroxyl groups is 1. The van der Waals surface area contributed by atoms with Crippen LogP contribution in [0.15, 0.2) is 43.0 Å². The highest BCUT2D eigenvalue weighted by Crippen LogP contribution is 2.37. The van der Waals surface area contributed by atoms with Gasteiger partial charge in [-0.3, -0.25) is 0 Å². The van der Waals surface area contributed by atoms with Crippen molar-refractivity contribution in [3.8, 4) is 6.07 Å². The number of hydrogen-bond acceptors (Lipinski definition) is 3. The monoisotopic (exact) mass is 243 g/mol. The molecule has 0 bridgehead atoms. The van der Waals surface area contributed by atoms with Crippen LogP contribution in [0.5, 0.6) is 0 Å². The van der Waals surface area contributed by atoms with Crippen molar-refractivity contribution < 1.29 is 5.11 Å². The molecule has 1 N–H and O–H groups in total. The zero-order valence-electron chi connectivity index (χ0n) is 10.6. The van der Waals surface area contributed by atoms with E-state index in [2.05, 4.69) is 11.1 Å². The average Bonchev–Trinajstić information content (AvgIpc) is 2.81. The first-order chi connectivity index (χ1) is 8.54. The van der Waals surface area contributed by atoms with Gasteiger partial charge < -0.3 is 9.67 Å². The molecular formula is C14H17N3O. The lowest BCUT2D eigenvalue weighted by molar-refractivity contribution is 0.00140. The molecule has 94 valence electrons. The summed E-state index contributed by atoms with van der Waals surface area (Å²) in [5, 5.41) is 19.6. The summed E-state index contributed by atoms with van der Waals surface area (Å²) in [5.41, 5.74) is -0.935. The smallest absolute Gasteiger partial charge is 0.0949 e. The van der Waals surface area contributed by atoms with Gasteiger partial charge >= 0.3 is 0 Å². The fraction of sp³-hybridized carbons (Fsp3) is 0.429. The van der Waals surface area contributed by atoms with Crippen LogP contribution in [-0.2, 0) is 0 Å². The standard InChI is InChI=1S/C14H17N3O/c1-14(2,18)13(17-8-7-16-10-17)12-6-4-3-5-11(12)9-15/h3-8,10-13,18H,1-2H3. The van der Waals surface area contributed by atoms with Gasteiger partial charge in [0.1, 0.15) is 0 Å². The van der Waals surface area contributed by atoms with E-state index in [1.54, 1.807) is 26.4 Å². The van der Waals surface area contributed by atoms with Crippen molar-refractivity contribution in [1.29, 1.82) is 5.26 Å². The molecule has 0 spiro atoms. The average molecular weight is 243 g/mol. The van der Waals surface area contributed by atoms with E-state index in [0.29, 0.717) is 0 Å². The van der Waals surface area contributed by atoms with E-state index in [0.717, 1.165) is 0 Å². The Labute approximate surface area is 107 Å². The minimum absolute atomic E-state index is 0.0609. The summed E-state index contributed by atoms with van der Waals surface area (Å²) in [6.45, 7) is 3.52. The largest absolute Gasteiger partial charge is 0.388 e. The Morgan fingerprint density at radius 2 is 2.11 bits per heavy atom. The summed E-state index contributed by atoms with van der Waals surface area (Å²) >= 11 is 0. The lowest BCUT2D eigenvalue weighted by Crippen LogP contribution is -2.40. The van der Waals surface area contributed by atoms with E-state index < -0.39 is 5.60 Å². The van der Waals surface area contributed by atoms with Crippen LogP contribution in [0.1, 0.15) is 19.9 Å². The van der Waals surface area contributed by atoms with Crippen LogP contribution in [-0.4, -0.2) is 20.3 Å². The summed E-state index contributed by atoms with van der Waals surface area (Å²) in [4.78, 5) is 4.03. The van der Waals surface area contributed by atoms with E-state index in [1.165, 1.54) is 0 Å². The third-order valence-corrected chi connectivity index (χ3v) is 3.26. The number of imidazole rings is 1. The molecule has 0 saturated carbocycles. The maximum atomic E-state index is 10.4. The third-order valence-electron chi connectivity index (χ3n) is 3.26. The van der Waals surface area contributed by atoms with Gasteiger partial charge in [-0.05, 0) is 13.8 Å². The summed E-state index contributed by atoms with van der Waals surface area (Å²) in [6.07, 6.45) is 12.8. The molecule has 3 unspecified atom stereocenters. The predicted octanol–water partition coefficient (Wildman–Crippen LogP) is 2.08. The molecule has 0 amide bonds. The number of aromatic nitrogens is 2. The zero-order valence-corrected chi connectivity index (χ0v) is 10.6. The molecule has 4 nitrogen and oxygen atoms in total. The van der Waals surface area contributed by atoms with Crippen molar-refractivity contribution in [2.45, 2.75) is 25.5 Å². The predicted molar refractivity (Wildman–Crippen MR) is 68.4 cm³/mol. The van der Waals surface area contributed by atoms with Gasteiger partial charge in [0.05, 0.1) is 30.0 Å². The van der Waals surface area contributed by atoms with Gasteiger partial charge in [0, 0.05) is 18.3 Å². The molecule has 0 aromatic carbocycles. The molecule has 0 radical (unpaired) electrons. The number of allylic oxidation sites excluding steroid dienone is 4. The minimum Gasteiger partial charge on any atom is -0.388 e. The molecule has 0 saturated heterocycles.